The molecule has 0 aromatic carbocycles. The number of nitrogens with zero attached hydrogens (tertiary/aromatic N) is 2. The second kappa shape index (κ2) is 4.22. The summed E-state index contributed by atoms with van der Waals surface area (Å²) in [5.41, 5.74) is 0.379. The first-order chi connectivity index (χ1) is 8.25. The van der Waals surface area contributed by atoms with Crippen molar-refractivity contribution < 1.29 is 9.13 Å². The van der Waals surface area contributed by atoms with Crippen LogP contribution in [-0.4, -0.2) is 28.7 Å². The summed E-state index contributed by atoms with van der Waals surface area (Å²) in [6.45, 7) is 2.40. The van der Waals surface area contributed by atoms with E-state index in [1.165, 1.54) is 19.2 Å². The number of anilines is 1. The first kappa shape index (κ1) is 10.9. The fourth-order valence-corrected chi connectivity index (χ4v) is 2.39. The minimum absolute atomic E-state index is 0.186. The van der Waals surface area contributed by atoms with E-state index >= 15 is 0 Å². The van der Waals surface area contributed by atoms with Crippen LogP contribution in [0.4, 0.5) is 10.2 Å². The fraction of sp³-hybridized carbons (Fsp3) is 0.667. The predicted molar refractivity (Wildman–Crippen MR) is 61.2 cm³/mol. The van der Waals surface area contributed by atoms with Crippen molar-refractivity contribution in [3.63, 3.8) is 0 Å². The van der Waals surface area contributed by atoms with Crippen LogP contribution in [0.2, 0.25) is 0 Å². The quantitative estimate of drug-likeness (QED) is 0.872. The van der Waals surface area contributed by atoms with Crippen molar-refractivity contribution in [3.05, 3.63) is 17.8 Å². The van der Waals surface area contributed by atoms with Crippen LogP contribution in [0.3, 0.4) is 0 Å². The van der Waals surface area contributed by atoms with E-state index in [4.69, 9.17) is 4.74 Å². The normalized spacial score (nSPS) is 28.4. The standard InChI is InChI=1S/C12H16FN3O/c1-7-10(13)12(15-6-14-7)16-9-4-5-17-11(9)8-2-3-8/h6,8-9,11H,2-5H2,1H3,(H,14,15,16). The summed E-state index contributed by atoms with van der Waals surface area (Å²) in [4.78, 5) is 7.79. The van der Waals surface area contributed by atoms with Crippen LogP contribution in [0.15, 0.2) is 6.33 Å². The third kappa shape index (κ3) is 2.11. The van der Waals surface area contributed by atoms with Gasteiger partial charge in [0.2, 0.25) is 0 Å². The van der Waals surface area contributed by atoms with Crippen LogP contribution >= 0.6 is 0 Å². The molecule has 2 heterocycles. The molecule has 92 valence electrons. The minimum atomic E-state index is -0.353. The first-order valence-corrected chi connectivity index (χ1v) is 6.11. The van der Waals surface area contributed by atoms with Gasteiger partial charge in [-0.3, -0.25) is 0 Å². The third-order valence-electron chi connectivity index (χ3n) is 3.51. The summed E-state index contributed by atoms with van der Waals surface area (Å²) < 4.78 is 19.5. The lowest BCUT2D eigenvalue weighted by atomic mass is 10.1. The molecule has 1 saturated carbocycles. The molecule has 1 aromatic heterocycles. The van der Waals surface area contributed by atoms with Gasteiger partial charge in [0.25, 0.3) is 0 Å². The number of aromatic nitrogens is 2. The maximum atomic E-state index is 13.8. The second-order valence-electron chi connectivity index (χ2n) is 4.83. The summed E-state index contributed by atoms with van der Waals surface area (Å²) in [5, 5.41) is 3.17. The SMILES string of the molecule is Cc1ncnc(NC2CCOC2C2CC2)c1F. The molecule has 0 spiro atoms. The topological polar surface area (TPSA) is 47.0 Å². The van der Waals surface area contributed by atoms with Crippen molar-refractivity contribution in [1.29, 1.82) is 0 Å². The number of nitrogens with one attached hydrogen (secondary N) is 1. The number of aryl methyl sites for hydroxylation is 1. The van der Waals surface area contributed by atoms with Crippen molar-refractivity contribution in [2.24, 2.45) is 5.92 Å². The van der Waals surface area contributed by atoms with Crippen molar-refractivity contribution in [3.8, 4) is 0 Å². The third-order valence-corrected chi connectivity index (χ3v) is 3.51. The van der Waals surface area contributed by atoms with E-state index in [9.17, 15) is 4.39 Å². The molecule has 4 nitrogen and oxygen atoms in total. The van der Waals surface area contributed by atoms with Crippen LogP contribution in [0.25, 0.3) is 0 Å². The molecule has 1 aliphatic carbocycles. The summed E-state index contributed by atoms with van der Waals surface area (Å²) in [6.07, 6.45) is 5.00. The molecule has 0 amide bonds. The van der Waals surface area contributed by atoms with E-state index in [2.05, 4.69) is 15.3 Å². The molecule has 1 saturated heterocycles. The zero-order valence-electron chi connectivity index (χ0n) is 9.82. The highest BCUT2D eigenvalue weighted by Gasteiger charge is 2.40. The maximum Gasteiger partial charge on any atom is 0.186 e. The molecule has 1 aromatic rings. The average Bonchev–Trinajstić information content (AvgIpc) is 3.06. The molecule has 2 unspecified atom stereocenters. The van der Waals surface area contributed by atoms with Gasteiger partial charge >= 0.3 is 0 Å². The Kier molecular flexibility index (Phi) is 2.70. The van der Waals surface area contributed by atoms with Crippen LogP contribution < -0.4 is 5.32 Å². The molecule has 1 N–H and O–H groups in total. The number of halogens is 1. The fourth-order valence-electron chi connectivity index (χ4n) is 2.39. The lowest BCUT2D eigenvalue weighted by Crippen LogP contribution is -2.31. The van der Waals surface area contributed by atoms with E-state index in [0.29, 0.717) is 17.4 Å². The molecular weight excluding hydrogens is 221 g/mol. The smallest absolute Gasteiger partial charge is 0.186 e. The van der Waals surface area contributed by atoms with E-state index < -0.39 is 0 Å². The molecule has 0 bridgehead atoms. The van der Waals surface area contributed by atoms with E-state index in [1.54, 1.807) is 6.92 Å². The highest BCUT2D eigenvalue weighted by atomic mass is 19.1. The lowest BCUT2D eigenvalue weighted by Gasteiger charge is -2.20. The zero-order chi connectivity index (χ0) is 11.8. The molecule has 0 radical (unpaired) electrons. The van der Waals surface area contributed by atoms with E-state index in [0.717, 1.165) is 13.0 Å². The molecular formula is C12H16FN3O. The molecule has 5 heteroatoms. The number of hydrogen-bond acceptors (Lipinski definition) is 4. The van der Waals surface area contributed by atoms with Crippen LogP contribution in [-0.2, 0) is 4.74 Å². The summed E-state index contributed by atoms with van der Waals surface area (Å²) in [6, 6.07) is 0.186. The Morgan fingerprint density at radius 3 is 2.94 bits per heavy atom. The van der Waals surface area contributed by atoms with Gasteiger partial charge in [-0.05, 0) is 32.1 Å². The highest BCUT2D eigenvalue weighted by molar-refractivity contribution is 5.38. The Morgan fingerprint density at radius 1 is 1.35 bits per heavy atom. The highest BCUT2D eigenvalue weighted by Crippen LogP contribution is 2.39. The van der Waals surface area contributed by atoms with E-state index in [-0.39, 0.29) is 18.0 Å². The van der Waals surface area contributed by atoms with Gasteiger partial charge in [-0.1, -0.05) is 0 Å². The number of ether oxygens (including phenoxy) is 1. The summed E-state index contributed by atoms with van der Waals surface area (Å²) in [7, 11) is 0. The van der Waals surface area contributed by atoms with Crippen LogP contribution in [0.5, 0.6) is 0 Å². The van der Waals surface area contributed by atoms with Gasteiger partial charge in [-0.15, -0.1) is 0 Å². The Labute approximate surface area is 99.6 Å². The van der Waals surface area contributed by atoms with Crippen LogP contribution in [0, 0.1) is 18.7 Å². The maximum absolute atomic E-state index is 13.8. The summed E-state index contributed by atoms with van der Waals surface area (Å²) in [5.74, 6) is 0.605. The lowest BCUT2D eigenvalue weighted by molar-refractivity contribution is 0.0897. The van der Waals surface area contributed by atoms with Crippen molar-refractivity contribution in [2.75, 3.05) is 11.9 Å². The van der Waals surface area contributed by atoms with Crippen LogP contribution in [0.1, 0.15) is 25.0 Å². The second-order valence-corrected chi connectivity index (χ2v) is 4.83. The van der Waals surface area contributed by atoms with Gasteiger partial charge < -0.3 is 10.1 Å². The van der Waals surface area contributed by atoms with Gasteiger partial charge in [-0.25, -0.2) is 14.4 Å². The molecule has 1 aliphatic heterocycles. The number of rotatable bonds is 3. The Hall–Kier alpha value is -1.23. The largest absolute Gasteiger partial charge is 0.376 e. The van der Waals surface area contributed by atoms with Crippen molar-refractivity contribution in [2.45, 2.75) is 38.3 Å². The van der Waals surface area contributed by atoms with Gasteiger partial charge in [-0.2, -0.15) is 0 Å². The molecule has 17 heavy (non-hydrogen) atoms. The van der Waals surface area contributed by atoms with E-state index in [1.807, 2.05) is 0 Å². The minimum Gasteiger partial charge on any atom is -0.376 e. The van der Waals surface area contributed by atoms with Gasteiger partial charge in [0.15, 0.2) is 11.6 Å². The van der Waals surface area contributed by atoms with Gasteiger partial charge in [0.1, 0.15) is 6.33 Å². The van der Waals surface area contributed by atoms with Crippen molar-refractivity contribution >= 4 is 5.82 Å². The molecule has 2 fully saturated rings. The zero-order valence-corrected chi connectivity index (χ0v) is 9.82. The Bertz CT molecular complexity index is 422. The molecule has 2 atom stereocenters. The number of hydrogen-bond donors (Lipinski definition) is 1. The predicted octanol–water partition coefficient (Wildman–Crippen LogP) is 1.90. The Balaban J connectivity index is 1.75. The molecule has 3 rings (SSSR count). The average molecular weight is 237 g/mol. The monoisotopic (exact) mass is 237 g/mol. The first-order valence-electron chi connectivity index (χ1n) is 6.11. The van der Waals surface area contributed by atoms with Gasteiger partial charge in [0, 0.05) is 6.61 Å². The van der Waals surface area contributed by atoms with Gasteiger partial charge in [0.05, 0.1) is 17.8 Å². The Morgan fingerprint density at radius 2 is 2.18 bits per heavy atom. The summed E-state index contributed by atoms with van der Waals surface area (Å²) >= 11 is 0. The molecule has 2 aliphatic rings. The van der Waals surface area contributed by atoms with Crippen molar-refractivity contribution in [1.82, 2.24) is 9.97 Å².